The Morgan fingerprint density at radius 2 is 1.89 bits per heavy atom. The Kier molecular flexibility index (Phi) is 11.9. The van der Waals surface area contributed by atoms with Crippen LogP contribution in [0.3, 0.4) is 0 Å². The minimum absolute atomic E-state index is 0. The lowest BCUT2D eigenvalue weighted by atomic mass is 9.74. The number of ether oxygens (including phenoxy) is 2. The van der Waals surface area contributed by atoms with Gasteiger partial charge < -0.3 is 20.1 Å². The van der Waals surface area contributed by atoms with E-state index in [-0.39, 0.29) is 35.2 Å². The highest BCUT2D eigenvalue weighted by atomic mass is 127. The molecule has 7 heteroatoms. The molecule has 0 bridgehead atoms. The van der Waals surface area contributed by atoms with E-state index in [1.165, 1.54) is 12.1 Å². The highest BCUT2D eigenvalue weighted by Gasteiger charge is 2.34. The number of hydrogen-bond acceptors (Lipinski definition) is 3. The zero-order chi connectivity index (χ0) is 18.7. The maximum atomic E-state index is 13.3. The third-order valence-electron chi connectivity index (χ3n) is 4.75. The van der Waals surface area contributed by atoms with Crippen molar-refractivity contribution < 1.29 is 13.9 Å². The SMILES string of the molecule is CCNC(=NCC1(c2ccc(F)cc2)CCOCC1)NCCCOCC.I. The molecule has 0 spiro atoms. The van der Waals surface area contributed by atoms with Crippen LogP contribution in [0.1, 0.15) is 38.7 Å². The van der Waals surface area contributed by atoms with Crippen LogP contribution in [-0.2, 0) is 14.9 Å². The zero-order valence-corrected chi connectivity index (χ0v) is 18.8. The average molecular weight is 493 g/mol. The second-order valence-corrected chi connectivity index (χ2v) is 6.57. The second kappa shape index (κ2) is 13.3. The lowest BCUT2D eigenvalue weighted by Crippen LogP contribution is -2.41. The predicted octanol–water partition coefficient (Wildman–Crippen LogP) is 3.47. The number of aliphatic imine (C=N–C) groups is 1. The number of nitrogens with zero attached hydrogens (tertiary/aromatic N) is 1. The Bertz CT molecular complexity index is 549. The van der Waals surface area contributed by atoms with Crippen molar-refractivity contribution in [1.82, 2.24) is 10.6 Å². The summed E-state index contributed by atoms with van der Waals surface area (Å²) >= 11 is 0. The molecule has 0 unspecified atom stereocenters. The van der Waals surface area contributed by atoms with Crippen LogP contribution in [0.2, 0.25) is 0 Å². The number of guanidine groups is 1. The van der Waals surface area contributed by atoms with Crippen molar-refractivity contribution >= 4 is 29.9 Å². The summed E-state index contributed by atoms with van der Waals surface area (Å²) in [6.07, 6.45) is 2.73. The lowest BCUT2D eigenvalue weighted by molar-refractivity contribution is 0.0531. The van der Waals surface area contributed by atoms with Crippen molar-refractivity contribution in [2.75, 3.05) is 46.1 Å². The fourth-order valence-corrected chi connectivity index (χ4v) is 3.20. The Morgan fingerprint density at radius 1 is 1.19 bits per heavy atom. The molecule has 1 aromatic carbocycles. The topological polar surface area (TPSA) is 54.9 Å². The van der Waals surface area contributed by atoms with E-state index in [4.69, 9.17) is 14.5 Å². The summed E-state index contributed by atoms with van der Waals surface area (Å²) < 4.78 is 24.3. The van der Waals surface area contributed by atoms with Crippen molar-refractivity contribution in [1.29, 1.82) is 0 Å². The van der Waals surface area contributed by atoms with E-state index >= 15 is 0 Å². The van der Waals surface area contributed by atoms with Crippen LogP contribution in [0.15, 0.2) is 29.3 Å². The highest BCUT2D eigenvalue weighted by molar-refractivity contribution is 14.0. The highest BCUT2D eigenvalue weighted by Crippen LogP contribution is 2.35. The van der Waals surface area contributed by atoms with Gasteiger partial charge in [-0.15, -0.1) is 24.0 Å². The van der Waals surface area contributed by atoms with E-state index in [0.29, 0.717) is 19.8 Å². The molecule has 27 heavy (non-hydrogen) atoms. The van der Waals surface area contributed by atoms with Gasteiger partial charge >= 0.3 is 0 Å². The Hall–Kier alpha value is -0.930. The molecule has 0 amide bonds. The Labute approximate surface area is 179 Å². The van der Waals surface area contributed by atoms with Crippen molar-refractivity contribution in [2.45, 2.75) is 38.5 Å². The molecule has 1 saturated heterocycles. The van der Waals surface area contributed by atoms with Gasteiger partial charge in [-0.05, 0) is 50.8 Å². The van der Waals surface area contributed by atoms with Gasteiger partial charge in [-0.1, -0.05) is 12.1 Å². The van der Waals surface area contributed by atoms with Gasteiger partial charge in [-0.2, -0.15) is 0 Å². The Balaban J connectivity index is 0.00000364. The zero-order valence-electron chi connectivity index (χ0n) is 16.4. The molecule has 1 aliphatic rings. The van der Waals surface area contributed by atoms with Gasteiger partial charge in [-0.25, -0.2) is 4.39 Å². The van der Waals surface area contributed by atoms with Crippen molar-refractivity contribution in [3.8, 4) is 0 Å². The van der Waals surface area contributed by atoms with E-state index in [1.807, 2.05) is 19.1 Å². The molecule has 0 radical (unpaired) electrons. The van der Waals surface area contributed by atoms with E-state index in [1.54, 1.807) is 0 Å². The molecule has 2 N–H and O–H groups in total. The van der Waals surface area contributed by atoms with Crippen LogP contribution in [0, 0.1) is 5.82 Å². The summed E-state index contributed by atoms with van der Waals surface area (Å²) in [5.74, 6) is 0.612. The molecule has 0 saturated carbocycles. The first-order valence-electron chi connectivity index (χ1n) is 9.64. The molecule has 1 aliphatic heterocycles. The van der Waals surface area contributed by atoms with Crippen molar-refractivity contribution in [3.63, 3.8) is 0 Å². The number of benzene rings is 1. The maximum Gasteiger partial charge on any atom is 0.191 e. The number of rotatable bonds is 9. The molecule has 154 valence electrons. The summed E-state index contributed by atoms with van der Waals surface area (Å²) in [6, 6.07) is 6.85. The van der Waals surface area contributed by atoms with Crippen LogP contribution in [0.4, 0.5) is 4.39 Å². The van der Waals surface area contributed by atoms with E-state index in [9.17, 15) is 4.39 Å². The van der Waals surface area contributed by atoms with E-state index in [0.717, 1.165) is 57.1 Å². The first-order chi connectivity index (χ1) is 12.7. The molecule has 0 aliphatic carbocycles. The number of nitrogens with one attached hydrogen (secondary N) is 2. The van der Waals surface area contributed by atoms with Crippen LogP contribution < -0.4 is 10.6 Å². The first-order valence-corrected chi connectivity index (χ1v) is 9.64. The number of halogens is 2. The molecule has 0 atom stereocenters. The fourth-order valence-electron chi connectivity index (χ4n) is 3.20. The molecule has 1 fully saturated rings. The van der Waals surface area contributed by atoms with Gasteiger partial charge in [0.05, 0.1) is 6.54 Å². The van der Waals surface area contributed by atoms with Gasteiger partial charge in [0.25, 0.3) is 0 Å². The molecule has 0 aromatic heterocycles. The van der Waals surface area contributed by atoms with Gasteiger partial charge in [0, 0.05) is 44.9 Å². The summed E-state index contributed by atoms with van der Waals surface area (Å²) in [7, 11) is 0. The normalized spacial score (nSPS) is 16.5. The fraction of sp³-hybridized carbons (Fsp3) is 0.650. The van der Waals surface area contributed by atoms with Gasteiger partial charge in [0.15, 0.2) is 5.96 Å². The third kappa shape index (κ3) is 7.91. The number of hydrogen-bond donors (Lipinski definition) is 2. The summed E-state index contributed by atoms with van der Waals surface area (Å²) in [5, 5.41) is 6.66. The summed E-state index contributed by atoms with van der Waals surface area (Å²) in [4.78, 5) is 4.83. The minimum atomic E-state index is -0.205. The quantitative estimate of drug-likeness (QED) is 0.240. The summed E-state index contributed by atoms with van der Waals surface area (Å²) in [6.45, 7) is 9.27. The smallest absolute Gasteiger partial charge is 0.191 e. The van der Waals surface area contributed by atoms with Crippen LogP contribution in [-0.4, -0.2) is 52.0 Å². The van der Waals surface area contributed by atoms with Crippen molar-refractivity contribution in [3.05, 3.63) is 35.6 Å². The average Bonchev–Trinajstić information content (AvgIpc) is 2.67. The molecule has 2 rings (SSSR count). The first kappa shape index (κ1) is 24.1. The van der Waals surface area contributed by atoms with Crippen LogP contribution in [0.25, 0.3) is 0 Å². The van der Waals surface area contributed by atoms with E-state index < -0.39 is 0 Å². The standard InChI is InChI=1S/C20H32FN3O2.HI/c1-3-22-19(23-12-5-13-25-4-2)24-16-20(10-14-26-15-11-20)17-6-8-18(21)9-7-17;/h6-9H,3-5,10-16H2,1-2H3,(H2,22,23,24);1H. The molecular formula is C20H33FIN3O2. The Morgan fingerprint density at radius 3 is 2.52 bits per heavy atom. The third-order valence-corrected chi connectivity index (χ3v) is 4.75. The summed E-state index contributed by atoms with van der Waals surface area (Å²) in [5.41, 5.74) is 1.04. The molecule has 1 aromatic rings. The predicted molar refractivity (Wildman–Crippen MR) is 119 cm³/mol. The minimum Gasteiger partial charge on any atom is -0.382 e. The monoisotopic (exact) mass is 493 g/mol. The molecular weight excluding hydrogens is 460 g/mol. The second-order valence-electron chi connectivity index (χ2n) is 6.57. The lowest BCUT2D eigenvalue weighted by Gasteiger charge is -2.36. The van der Waals surface area contributed by atoms with Crippen LogP contribution >= 0.6 is 24.0 Å². The molecule has 5 nitrogen and oxygen atoms in total. The van der Waals surface area contributed by atoms with E-state index in [2.05, 4.69) is 17.6 Å². The molecule has 1 heterocycles. The van der Waals surface area contributed by atoms with Gasteiger partial charge in [0.1, 0.15) is 5.82 Å². The van der Waals surface area contributed by atoms with Crippen LogP contribution in [0.5, 0.6) is 0 Å². The maximum absolute atomic E-state index is 13.3. The van der Waals surface area contributed by atoms with Crippen molar-refractivity contribution in [2.24, 2.45) is 4.99 Å². The van der Waals surface area contributed by atoms with Gasteiger partial charge in [-0.3, -0.25) is 4.99 Å². The largest absolute Gasteiger partial charge is 0.382 e. The van der Waals surface area contributed by atoms with Gasteiger partial charge in [0.2, 0.25) is 0 Å².